The lowest BCUT2D eigenvalue weighted by Gasteiger charge is -2.46. The first-order valence-electron chi connectivity index (χ1n) is 6.65. The molecule has 2 aromatic rings. The fourth-order valence-corrected chi connectivity index (χ4v) is 2.49. The van der Waals surface area contributed by atoms with Crippen LogP contribution in [0.25, 0.3) is 5.52 Å². The van der Waals surface area contributed by atoms with Gasteiger partial charge >= 0.3 is 0 Å². The van der Waals surface area contributed by atoms with Crippen molar-refractivity contribution in [3.05, 3.63) is 24.2 Å². The normalized spacial score (nSPS) is 18.7. The van der Waals surface area contributed by atoms with Crippen LogP contribution in [-0.4, -0.2) is 33.2 Å². The van der Waals surface area contributed by atoms with Crippen LogP contribution < -0.4 is 10.6 Å². The van der Waals surface area contributed by atoms with Gasteiger partial charge in [0.1, 0.15) is 5.52 Å². The molecule has 1 aliphatic heterocycles. The summed E-state index contributed by atoms with van der Waals surface area (Å²) in [5.74, 6) is 0.980. The fourth-order valence-electron chi connectivity index (χ4n) is 2.49. The van der Waals surface area contributed by atoms with Gasteiger partial charge in [0.05, 0.1) is 5.69 Å². The molecule has 3 rings (SSSR count). The number of hydrogen-bond acceptors (Lipinski definition) is 4. The molecule has 0 spiro atoms. The minimum Gasteiger partial charge on any atom is -0.351 e. The fraction of sp³-hybridized carbons (Fsp3) is 0.571. The molecule has 0 bridgehead atoms. The Morgan fingerprint density at radius 1 is 1.32 bits per heavy atom. The van der Waals surface area contributed by atoms with E-state index in [1.165, 1.54) is 0 Å². The van der Waals surface area contributed by atoms with Crippen LogP contribution in [0.1, 0.15) is 33.4 Å². The van der Waals surface area contributed by atoms with Crippen LogP contribution in [-0.2, 0) is 5.41 Å². The number of hydrogen-bond donors (Lipinski definition) is 1. The number of fused-ring (bicyclic) bond motifs is 1. The number of nitrogens with zero attached hydrogens (tertiary/aromatic N) is 4. The molecule has 1 saturated heterocycles. The van der Waals surface area contributed by atoms with Gasteiger partial charge in [-0.1, -0.05) is 20.8 Å². The van der Waals surface area contributed by atoms with Gasteiger partial charge in [-0.2, -0.15) is 5.10 Å². The van der Waals surface area contributed by atoms with Gasteiger partial charge in [-0.15, -0.1) is 0 Å². The zero-order valence-electron chi connectivity index (χ0n) is 12.0. The molecule has 19 heavy (non-hydrogen) atoms. The van der Waals surface area contributed by atoms with Gasteiger partial charge in [-0.05, 0) is 13.0 Å². The Hall–Kier alpha value is -1.62. The Balaban J connectivity index is 2.04. The largest absolute Gasteiger partial charge is 0.351 e. The highest BCUT2D eigenvalue weighted by atomic mass is 15.3. The third-order valence-corrected chi connectivity index (χ3v) is 3.54. The van der Waals surface area contributed by atoms with E-state index in [4.69, 9.17) is 5.73 Å². The minimum atomic E-state index is -0.0958. The quantitative estimate of drug-likeness (QED) is 0.844. The van der Waals surface area contributed by atoms with Gasteiger partial charge in [0.2, 0.25) is 0 Å². The molecular formula is C14H21N5. The first-order chi connectivity index (χ1) is 8.76. The van der Waals surface area contributed by atoms with Crippen molar-refractivity contribution in [2.24, 2.45) is 5.73 Å². The van der Waals surface area contributed by atoms with E-state index in [2.05, 4.69) is 48.7 Å². The van der Waals surface area contributed by atoms with E-state index in [1.807, 2.05) is 10.7 Å². The standard InChI is InChI=1S/C14H21N5/c1-13(2,3)11-7-10-12(16-5-6-19(10)17-11)18-8-14(4,15)9-18/h5-7H,8-9,15H2,1-4H3. The molecule has 3 heterocycles. The van der Waals surface area contributed by atoms with Gasteiger partial charge in [-0.3, -0.25) is 0 Å². The van der Waals surface area contributed by atoms with Crippen molar-refractivity contribution in [2.45, 2.75) is 38.6 Å². The number of aromatic nitrogens is 3. The highest BCUT2D eigenvalue weighted by molar-refractivity contribution is 5.70. The summed E-state index contributed by atoms with van der Waals surface area (Å²) in [6, 6.07) is 2.13. The molecule has 0 aliphatic carbocycles. The van der Waals surface area contributed by atoms with Crippen molar-refractivity contribution in [2.75, 3.05) is 18.0 Å². The molecule has 1 fully saturated rings. The van der Waals surface area contributed by atoms with Gasteiger partial charge < -0.3 is 10.6 Å². The van der Waals surface area contributed by atoms with E-state index in [-0.39, 0.29) is 11.0 Å². The molecule has 2 aromatic heterocycles. The molecule has 0 atom stereocenters. The van der Waals surface area contributed by atoms with E-state index < -0.39 is 0 Å². The molecular weight excluding hydrogens is 238 g/mol. The molecule has 0 saturated carbocycles. The van der Waals surface area contributed by atoms with E-state index in [1.54, 1.807) is 6.20 Å². The maximum atomic E-state index is 6.08. The van der Waals surface area contributed by atoms with Crippen LogP contribution in [0.5, 0.6) is 0 Å². The van der Waals surface area contributed by atoms with E-state index in [0.29, 0.717) is 0 Å². The predicted molar refractivity (Wildman–Crippen MR) is 76.5 cm³/mol. The zero-order valence-corrected chi connectivity index (χ0v) is 12.0. The second-order valence-corrected chi connectivity index (χ2v) is 6.87. The van der Waals surface area contributed by atoms with E-state index >= 15 is 0 Å². The van der Waals surface area contributed by atoms with E-state index in [0.717, 1.165) is 30.1 Å². The summed E-state index contributed by atoms with van der Waals surface area (Å²) in [5, 5.41) is 4.64. The van der Waals surface area contributed by atoms with Crippen molar-refractivity contribution in [1.29, 1.82) is 0 Å². The van der Waals surface area contributed by atoms with Crippen LogP contribution in [0.2, 0.25) is 0 Å². The maximum Gasteiger partial charge on any atom is 0.154 e. The molecule has 102 valence electrons. The Kier molecular flexibility index (Phi) is 2.41. The summed E-state index contributed by atoms with van der Waals surface area (Å²) in [6.07, 6.45) is 3.70. The highest BCUT2D eigenvalue weighted by Gasteiger charge is 2.36. The van der Waals surface area contributed by atoms with Gasteiger partial charge in [-0.25, -0.2) is 9.50 Å². The third-order valence-electron chi connectivity index (χ3n) is 3.54. The smallest absolute Gasteiger partial charge is 0.154 e. The maximum absolute atomic E-state index is 6.08. The minimum absolute atomic E-state index is 0.0423. The molecule has 0 aromatic carbocycles. The second kappa shape index (κ2) is 3.70. The van der Waals surface area contributed by atoms with Crippen molar-refractivity contribution in [3.63, 3.8) is 0 Å². The summed E-state index contributed by atoms with van der Waals surface area (Å²) in [5.41, 5.74) is 8.16. The SMILES string of the molecule is CC1(N)CN(c2nccn3nc(C(C)(C)C)cc23)C1. The third kappa shape index (κ3) is 2.08. The predicted octanol–water partition coefficient (Wildman–Crippen LogP) is 1.56. The first kappa shape index (κ1) is 12.4. The average Bonchev–Trinajstić information content (AvgIpc) is 2.68. The molecule has 0 amide bonds. The number of anilines is 1. The summed E-state index contributed by atoms with van der Waals surface area (Å²) >= 11 is 0. The lowest BCUT2D eigenvalue weighted by Crippen LogP contribution is -2.65. The van der Waals surface area contributed by atoms with Gasteiger partial charge in [0, 0.05) is 36.4 Å². The Morgan fingerprint density at radius 3 is 2.58 bits per heavy atom. The number of nitrogens with two attached hydrogens (primary N) is 1. The first-order valence-corrected chi connectivity index (χ1v) is 6.65. The Bertz CT molecular complexity index is 612. The monoisotopic (exact) mass is 259 g/mol. The van der Waals surface area contributed by atoms with Gasteiger partial charge in [0.25, 0.3) is 0 Å². The summed E-state index contributed by atoms with van der Waals surface area (Å²) in [7, 11) is 0. The van der Waals surface area contributed by atoms with Crippen LogP contribution >= 0.6 is 0 Å². The van der Waals surface area contributed by atoms with Crippen molar-refractivity contribution >= 4 is 11.3 Å². The lowest BCUT2D eigenvalue weighted by molar-refractivity contribution is 0.363. The van der Waals surface area contributed by atoms with Crippen molar-refractivity contribution < 1.29 is 0 Å². The molecule has 5 heteroatoms. The van der Waals surface area contributed by atoms with Crippen LogP contribution in [0, 0.1) is 0 Å². The lowest BCUT2D eigenvalue weighted by atomic mass is 9.92. The average molecular weight is 259 g/mol. The summed E-state index contributed by atoms with van der Waals surface area (Å²) < 4.78 is 1.91. The molecule has 5 nitrogen and oxygen atoms in total. The van der Waals surface area contributed by atoms with Crippen LogP contribution in [0.3, 0.4) is 0 Å². The number of rotatable bonds is 1. The van der Waals surface area contributed by atoms with Crippen molar-refractivity contribution in [1.82, 2.24) is 14.6 Å². The second-order valence-electron chi connectivity index (χ2n) is 6.87. The summed E-state index contributed by atoms with van der Waals surface area (Å²) in [6.45, 7) is 10.3. The highest BCUT2D eigenvalue weighted by Crippen LogP contribution is 2.30. The van der Waals surface area contributed by atoms with Crippen LogP contribution in [0.4, 0.5) is 5.82 Å². The summed E-state index contributed by atoms with van der Waals surface area (Å²) in [4.78, 5) is 6.71. The molecule has 0 unspecified atom stereocenters. The zero-order chi connectivity index (χ0) is 13.8. The van der Waals surface area contributed by atoms with Crippen molar-refractivity contribution in [3.8, 4) is 0 Å². The van der Waals surface area contributed by atoms with Crippen LogP contribution in [0.15, 0.2) is 18.5 Å². The molecule has 1 aliphatic rings. The topological polar surface area (TPSA) is 59.5 Å². The van der Waals surface area contributed by atoms with E-state index in [9.17, 15) is 0 Å². The molecule has 2 N–H and O–H groups in total. The molecule has 0 radical (unpaired) electrons. The van der Waals surface area contributed by atoms with Gasteiger partial charge in [0.15, 0.2) is 5.82 Å². The Morgan fingerprint density at radius 2 is 2.00 bits per heavy atom. The Labute approximate surface area is 113 Å².